The van der Waals surface area contributed by atoms with Gasteiger partial charge in [-0.05, 0) is 25.0 Å². The lowest BCUT2D eigenvalue weighted by atomic mass is 10.0. The van der Waals surface area contributed by atoms with Crippen LogP contribution < -0.4 is 10.6 Å². The summed E-state index contributed by atoms with van der Waals surface area (Å²) in [5.41, 5.74) is 1.57. The Bertz CT molecular complexity index is 1380. The monoisotopic (exact) mass is 559 g/mol. The van der Waals surface area contributed by atoms with Gasteiger partial charge in [0.1, 0.15) is 4.88 Å². The van der Waals surface area contributed by atoms with Gasteiger partial charge in [0.2, 0.25) is 11.8 Å². The third-order valence-corrected chi connectivity index (χ3v) is 7.45. The van der Waals surface area contributed by atoms with Crippen molar-refractivity contribution in [2.75, 3.05) is 30.3 Å². The van der Waals surface area contributed by atoms with Gasteiger partial charge in [-0.2, -0.15) is 13.2 Å². The van der Waals surface area contributed by atoms with Crippen molar-refractivity contribution in [2.24, 2.45) is 0 Å². The van der Waals surface area contributed by atoms with Gasteiger partial charge in [-0.3, -0.25) is 24.5 Å². The van der Waals surface area contributed by atoms with E-state index in [1.54, 1.807) is 19.2 Å². The number of morpholine rings is 1. The zero-order valence-corrected chi connectivity index (χ0v) is 21.5. The fourth-order valence-corrected chi connectivity index (χ4v) is 5.06. The first-order valence-electron chi connectivity index (χ1n) is 12.1. The third-order valence-electron chi connectivity index (χ3n) is 6.49. The van der Waals surface area contributed by atoms with Crippen LogP contribution in [-0.4, -0.2) is 68.5 Å². The topological polar surface area (TPSA) is 122 Å². The average Bonchev–Trinajstić information content (AvgIpc) is 3.66. The van der Waals surface area contributed by atoms with E-state index in [9.17, 15) is 22.8 Å². The molecular formula is C25H24F3N7O3S. The normalized spacial score (nSPS) is 19.9. The Morgan fingerprint density at radius 1 is 1.18 bits per heavy atom. The molecule has 5 heterocycles. The molecule has 3 unspecified atom stereocenters. The van der Waals surface area contributed by atoms with E-state index in [0.717, 1.165) is 19.6 Å². The molecule has 5 rings (SSSR count). The largest absolute Gasteiger partial charge is 0.427 e. The molecule has 3 aromatic rings. The number of aromatic nitrogens is 4. The first-order chi connectivity index (χ1) is 18.7. The highest BCUT2D eigenvalue weighted by molar-refractivity contribution is 7.15. The molecule has 0 radical (unpaired) electrons. The van der Waals surface area contributed by atoms with Crippen LogP contribution in [0.1, 0.15) is 29.7 Å². The van der Waals surface area contributed by atoms with E-state index in [-0.39, 0.29) is 16.9 Å². The summed E-state index contributed by atoms with van der Waals surface area (Å²) in [5.74, 6) is -1.29. The second-order valence-corrected chi connectivity index (χ2v) is 10.3. The zero-order valence-electron chi connectivity index (χ0n) is 20.7. The van der Waals surface area contributed by atoms with Crippen molar-refractivity contribution in [2.45, 2.75) is 37.6 Å². The lowest BCUT2D eigenvalue weighted by molar-refractivity contribution is -0.134. The number of rotatable bonds is 8. The summed E-state index contributed by atoms with van der Waals surface area (Å²) in [7, 11) is 0. The van der Waals surface area contributed by atoms with Gasteiger partial charge in [0.15, 0.2) is 10.9 Å². The molecule has 0 saturated carbocycles. The molecular weight excluding hydrogens is 535 g/mol. The first kappa shape index (κ1) is 26.8. The number of halogens is 3. The van der Waals surface area contributed by atoms with Crippen LogP contribution >= 0.6 is 11.3 Å². The molecule has 10 nitrogen and oxygen atoms in total. The number of likely N-dealkylation sites (tertiary alicyclic amines) is 1. The van der Waals surface area contributed by atoms with E-state index in [0.29, 0.717) is 53.0 Å². The van der Waals surface area contributed by atoms with Crippen LogP contribution in [0.4, 0.5) is 24.1 Å². The molecule has 0 aromatic carbocycles. The Morgan fingerprint density at radius 2 is 2.03 bits per heavy atom. The number of nitrogens with one attached hydrogen (secondary N) is 2. The van der Waals surface area contributed by atoms with Gasteiger partial charge >= 0.3 is 6.18 Å². The van der Waals surface area contributed by atoms with Gasteiger partial charge in [0, 0.05) is 43.2 Å². The molecule has 204 valence electrons. The van der Waals surface area contributed by atoms with Crippen molar-refractivity contribution in [1.29, 1.82) is 0 Å². The zero-order chi connectivity index (χ0) is 27.6. The number of hydrogen-bond acceptors (Lipinski definition) is 9. The highest BCUT2D eigenvalue weighted by Gasteiger charge is 2.38. The van der Waals surface area contributed by atoms with E-state index >= 15 is 0 Å². The van der Waals surface area contributed by atoms with E-state index in [2.05, 4.69) is 35.5 Å². The van der Waals surface area contributed by atoms with Crippen LogP contribution in [0, 0.1) is 0 Å². The van der Waals surface area contributed by atoms with Gasteiger partial charge in [-0.15, -0.1) is 0 Å². The second-order valence-electron chi connectivity index (χ2n) is 9.22. The Morgan fingerprint density at radius 3 is 2.69 bits per heavy atom. The molecule has 2 aliphatic rings. The quantitative estimate of drug-likeness (QED) is 0.401. The van der Waals surface area contributed by atoms with Crippen LogP contribution in [0.3, 0.4) is 0 Å². The lowest BCUT2D eigenvalue weighted by Crippen LogP contribution is -2.36. The molecule has 39 heavy (non-hydrogen) atoms. The van der Waals surface area contributed by atoms with E-state index in [4.69, 9.17) is 4.74 Å². The summed E-state index contributed by atoms with van der Waals surface area (Å²) >= 11 is 0.356. The number of anilines is 2. The fraction of sp³-hybridized carbons (Fsp3) is 0.360. The second kappa shape index (κ2) is 11.2. The Balaban J connectivity index is 1.16. The maximum absolute atomic E-state index is 12.8. The molecule has 2 N–H and O–H groups in total. The molecule has 2 saturated heterocycles. The molecule has 2 aliphatic heterocycles. The van der Waals surface area contributed by atoms with Gasteiger partial charge in [-0.25, -0.2) is 9.97 Å². The van der Waals surface area contributed by atoms with Crippen LogP contribution in [0.5, 0.6) is 0 Å². The Labute approximate surface area is 225 Å². The Hall–Kier alpha value is -3.75. The Kier molecular flexibility index (Phi) is 7.68. The van der Waals surface area contributed by atoms with Crippen LogP contribution in [0.2, 0.25) is 0 Å². The van der Waals surface area contributed by atoms with Crippen LogP contribution in [0.25, 0.3) is 11.3 Å². The predicted molar refractivity (Wildman–Crippen MR) is 137 cm³/mol. The summed E-state index contributed by atoms with van der Waals surface area (Å²) in [6.45, 7) is 3.92. The van der Waals surface area contributed by atoms with Crippen molar-refractivity contribution >= 4 is 34.1 Å². The number of thiazole rings is 1. The van der Waals surface area contributed by atoms with Crippen molar-refractivity contribution < 1.29 is 27.5 Å². The van der Waals surface area contributed by atoms with E-state index in [1.807, 2.05) is 6.08 Å². The maximum Gasteiger partial charge on any atom is 0.427 e. The number of nitrogens with zero attached hydrogens (tertiary/aromatic N) is 5. The molecule has 0 spiro atoms. The van der Waals surface area contributed by atoms with Crippen molar-refractivity contribution in [1.82, 2.24) is 24.8 Å². The number of fused-ring (bicyclic) bond motifs is 2. The number of amides is 2. The number of ether oxygens (including phenoxy) is 1. The maximum atomic E-state index is 12.8. The summed E-state index contributed by atoms with van der Waals surface area (Å²) < 4.78 is 43.9. The lowest BCUT2D eigenvalue weighted by Gasteiger charge is -2.24. The number of alkyl halides is 3. The van der Waals surface area contributed by atoms with Crippen molar-refractivity contribution in [3.63, 3.8) is 0 Å². The predicted octanol–water partition coefficient (Wildman–Crippen LogP) is 3.72. The van der Waals surface area contributed by atoms with Crippen molar-refractivity contribution in [3.05, 3.63) is 59.6 Å². The summed E-state index contributed by atoms with van der Waals surface area (Å²) in [5, 5.41) is 4.95. The van der Waals surface area contributed by atoms with Gasteiger partial charge < -0.3 is 15.4 Å². The summed E-state index contributed by atoms with van der Waals surface area (Å²) in [6, 6.07) is 2.12. The number of carbonyl (C=O) groups is 2. The van der Waals surface area contributed by atoms with Crippen molar-refractivity contribution in [3.8, 4) is 11.3 Å². The van der Waals surface area contributed by atoms with Crippen LogP contribution in [-0.2, 0) is 20.5 Å². The smallest absolute Gasteiger partial charge is 0.375 e. The molecule has 2 fully saturated rings. The highest BCUT2D eigenvalue weighted by atomic mass is 32.1. The molecule has 3 atom stereocenters. The average molecular weight is 560 g/mol. The number of hydrogen-bond donors (Lipinski definition) is 2. The molecule has 2 amide bonds. The number of carbonyl (C=O) groups excluding carboxylic acids is 2. The molecule has 2 bridgehead atoms. The van der Waals surface area contributed by atoms with Gasteiger partial charge in [0.05, 0.1) is 42.9 Å². The van der Waals surface area contributed by atoms with Crippen LogP contribution in [0.15, 0.2) is 49.2 Å². The van der Waals surface area contributed by atoms with Gasteiger partial charge in [-0.1, -0.05) is 17.4 Å². The van der Waals surface area contributed by atoms with Gasteiger partial charge in [0.25, 0.3) is 0 Å². The fourth-order valence-electron chi connectivity index (χ4n) is 4.37. The minimum atomic E-state index is -4.52. The standard InChI is InChI=1S/C25H24F3N7O3S/c1-14(23(37)34-24-32-10-20(39-24)25(26,27)28)15-5-16(8-29-7-15)19-9-31-21(11-30-19)33-22(36)3-2-4-35-12-18-6-17(35)13-38-18/h2-3,5,7-11,14,17-18H,4,6,12-13H2,1H3,(H,31,33,36)(H,32,34,37)/b3-2+. The molecule has 0 aliphatic carbocycles. The number of pyridine rings is 1. The van der Waals surface area contributed by atoms with E-state index < -0.39 is 22.9 Å². The summed E-state index contributed by atoms with van der Waals surface area (Å²) in [6.07, 6.45) is 6.73. The third kappa shape index (κ3) is 6.46. The molecule has 3 aromatic heterocycles. The SMILES string of the molecule is CC(C(=O)Nc1ncc(C(F)(F)F)s1)c1cncc(-c2cnc(NC(=O)/C=C/CN3CC4CC3CO4)cn2)c1. The minimum Gasteiger partial charge on any atom is -0.375 e. The van der Waals surface area contributed by atoms with E-state index in [1.165, 1.54) is 24.7 Å². The minimum absolute atomic E-state index is 0.140. The summed E-state index contributed by atoms with van der Waals surface area (Å²) in [4.78, 5) is 42.6. The first-order valence-corrected chi connectivity index (χ1v) is 12.9. The molecule has 14 heteroatoms. The highest BCUT2D eigenvalue weighted by Crippen LogP contribution is 2.35.